The Morgan fingerprint density at radius 2 is 2.22 bits per heavy atom. The van der Waals surface area contributed by atoms with E-state index < -0.39 is 5.97 Å². The molecule has 0 atom stereocenters. The highest BCUT2D eigenvalue weighted by atomic mass is 19.1. The minimum atomic E-state index is -0.786. The van der Waals surface area contributed by atoms with Gasteiger partial charge < -0.3 is 9.67 Å². The number of nitrogens with zero attached hydrogens (tertiary/aromatic N) is 2. The third kappa shape index (κ3) is 2.50. The molecule has 18 heavy (non-hydrogen) atoms. The fourth-order valence-electron chi connectivity index (χ4n) is 2.01. The third-order valence-corrected chi connectivity index (χ3v) is 3.00. The van der Waals surface area contributed by atoms with Crippen molar-refractivity contribution in [3.05, 3.63) is 29.8 Å². The Labute approximate surface area is 104 Å². The highest BCUT2D eigenvalue weighted by molar-refractivity contribution is 5.76. The van der Waals surface area contributed by atoms with Crippen molar-refractivity contribution in [2.45, 2.75) is 25.7 Å². The number of rotatable bonds is 5. The highest BCUT2D eigenvalue weighted by Crippen LogP contribution is 2.19. The zero-order chi connectivity index (χ0) is 13.1. The number of para-hydroxylation sites is 1. The van der Waals surface area contributed by atoms with Crippen LogP contribution in [-0.2, 0) is 18.3 Å². The Morgan fingerprint density at radius 3 is 2.89 bits per heavy atom. The molecule has 0 aliphatic carbocycles. The average molecular weight is 250 g/mol. The largest absolute Gasteiger partial charge is 0.481 e. The van der Waals surface area contributed by atoms with Gasteiger partial charge in [0.1, 0.15) is 11.3 Å². The summed E-state index contributed by atoms with van der Waals surface area (Å²) in [6, 6.07) is 4.88. The van der Waals surface area contributed by atoms with Crippen molar-refractivity contribution in [2.75, 3.05) is 0 Å². The summed E-state index contributed by atoms with van der Waals surface area (Å²) < 4.78 is 15.4. The van der Waals surface area contributed by atoms with E-state index in [2.05, 4.69) is 4.98 Å². The van der Waals surface area contributed by atoms with Gasteiger partial charge in [-0.1, -0.05) is 6.07 Å². The number of hydrogen-bond acceptors (Lipinski definition) is 2. The molecule has 2 rings (SSSR count). The number of halogens is 1. The van der Waals surface area contributed by atoms with Crippen molar-refractivity contribution < 1.29 is 14.3 Å². The Bertz CT molecular complexity index is 578. The number of benzene rings is 1. The number of unbranched alkanes of at least 4 members (excludes halogenated alkanes) is 1. The van der Waals surface area contributed by atoms with Gasteiger partial charge in [0.15, 0.2) is 5.82 Å². The summed E-state index contributed by atoms with van der Waals surface area (Å²) in [5, 5.41) is 8.55. The molecule has 96 valence electrons. The van der Waals surface area contributed by atoms with Gasteiger partial charge in [-0.25, -0.2) is 9.37 Å². The van der Waals surface area contributed by atoms with Crippen LogP contribution in [-0.4, -0.2) is 20.6 Å². The number of imidazole rings is 1. The molecule has 0 unspecified atom stereocenters. The number of aliphatic carboxylic acids is 1. The molecule has 4 nitrogen and oxygen atoms in total. The fourth-order valence-corrected chi connectivity index (χ4v) is 2.01. The van der Waals surface area contributed by atoms with Gasteiger partial charge in [0.05, 0.1) is 5.52 Å². The Balaban J connectivity index is 2.12. The molecular weight excluding hydrogens is 235 g/mol. The topological polar surface area (TPSA) is 55.1 Å². The van der Waals surface area contributed by atoms with Crippen molar-refractivity contribution in [3.8, 4) is 0 Å². The minimum absolute atomic E-state index is 0.165. The minimum Gasteiger partial charge on any atom is -0.481 e. The molecule has 1 aromatic heterocycles. The van der Waals surface area contributed by atoms with E-state index in [1.807, 2.05) is 17.7 Å². The van der Waals surface area contributed by atoms with Gasteiger partial charge in [0, 0.05) is 19.9 Å². The van der Waals surface area contributed by atoms with Crippen LogP contribution >= 0.6 is 0 Å². The van der Waals surface area contributed by atoms with Crippen LogP contribution in [0.2, 0.25) is 0 Å². The molecule has 0 spiro atoms. The molecule has 5 heteroatoms. The predicted molar refractivity (Wildman–Crippen MR) is 65.9 cm³/mol. The Kier molecular flexibility index (Phi) is 3.60. The van der Waals surface area contributed by atoms with Gasteiger partial charge >= 0.3 is 5.97 Å². The first-order valence-corrected chi connectivity index (χ1v) is 5.91. The van der Waals surface area contributed by atoms with E-state index in [4.69, 9.17) is 5.11 Å². The van der Waals surface area contributed by atoms with E-state index in [-0.39, 0.29) is 12.2 Å². The average Bonchev–Trinajstić information content (AvgIpc) is 2.64. The molecule has 0 saturated carbocycles. The second-order valence-electron chi connectivity index (χ2n) is 4.30. The van der Waals surface area contributed by atoms with Gasteiger partial charge in [-0.05, 0) is 25.0 Å². The summed E-state index contributed by atoms with van der Waals surface area (Å²) in [5.41, 5.74) is 1.15. The molecule has 0 aliphatic heterocycles. The van der Waals surface area contributed by atoms with Crippen LogP contribution in [0.4, 0.5) is 4.39 Å². The van der Waals surface area contributed by atoms with Gasteiger partial charge in [-0.15, -0.1) is 0 Å². The first kappa shape index (κ1) is 12.5. The lowest BCUT2D eigenvalue weighted by molar-refractivity contribution is -0.137. The monoisotopic (exact) mass is 250 g/mol. The van der Waals surface area contributed by atoms with E-state index in [1.165, 1.54) is 6.07 Å². The molecule has 0 bridgehead atoms. The summed E-state index contributed by atoms with van der Waals surface area (Å²) in [7, 11) is 1.85. The SMILES string of the molecule is Cn1c(CCCCC(=O)O)nc2c(F)cccc21. The van der Waals surface area contributed by atoms with E-state index in [0.717, 1.165) is 17.8 Å². The Morgan fingerprint density at radius 1 is 1.44 bits per heavy atom. The lowest BCUT2D eigenvalue weighted by atomic mass is 10.2. The van der Waals surface area contributed by atoms with Crippen molar-refractivity contribution in [3.63, 3.8) is 0 Å². The van der Waals surface area contributed by atoms with Crippen LogP contribution in [0, 0.1) is 5.82 Å². The van der Waals surface area contributed by atoms with Crippen LogP contribution in [0.25, 0.3) is 11.0 Å². The lowest BCUT2D eigenvalue weighted by Crippen LogP contribution is -1.99. The van der Waals surface area contributed by atoms with E-state index >= 15 is 0 Å². The molecule has 0 saturated heterocycles. The summed E-state index contributed by atoms with van der Waals surface area (Å²) in [4.78, 5) is 14.7. The smallest absolute Gasteiger partial charge is 0.303 e. The van der Waals surface area contributed by atoms with Crippen LogP contribution in [0.1, 0.15) is 25.1 Å². The fraction of sp³-hybridized carbons (Fsp3) is 0.385. The summed E-state index contributed by atoms with van der Waals surface area (Å²) in [6.07, 6.45) is 2.18. The molecule has 0 radical (unpaired) electrons. The molecule has 2 aromatic rings. The molecular formula is C13H15FN2O2. The van der Waals surface area contributed by atoms with E-state index in [1.54, 1.807) is 6.07 Å². The zero-order valence-electron chi connectivity index (χ0n) is 10.2. The summed E-state index contributed by atoms with van der Waals surface area (Å²) >= 11 is 0. The number of hydrogen-bond donors (Lipinski definition) is 1. The number of aromatic nitrogens is 2. The maximum Gasteiger partial charge on any atom is 0.303 e. The van der Waals surface area contributed by atoms with Crippen molar-refractivity contribution in [1.82, 2.24) is 9.55 Å². The first-order chi connectivity index (χ1) is 8.59. The summed E-state index contributed by atoms with van der Waals surface area (Å²) in [5.74, 6) is -0.313. The summed E-state index contributed by atoms with van der Waals surface area (Å²) in [6.45, 7) is 0. The second kappa shape index (κ2) is 5.16. The standard InChI is InChI=1S/C13H15FN2O2/c1-16-10-6-4-5-9(14)13(10)15-11(16)7-2-3-8-12(17)18/h4-6H,2-3,7-8H2,1H3,(H,17,18). The lowest BCUT2D eigenvalue weighted by Gasteiger charge is -2.01. The van der Waals surface area contributed by atoms with Crippen LogP contribution < -0.4 is 0 Å². The van der Waals surface area contributed by atoms with E-state index in [9.17, 15) is 9.18 Å². The van der Waals surface area contributed by atoms with Crippen molar-refractivity contribution in [2.24, 2.45) is 7.05 Å². The quantitative estimate of drug-likeness (QED) is 0.829. The van der Waals surface area contributed by atoms with Crippen molar-refractivity contribution in [1.29, 1.82) is 0 Å². The highest BCUT2D eigenvalue weighted by Gasteiger charge is 2.10. The number of carboxylic acids is 1. The molecule has 1 heterocycles. The van der Waals surface area contributed by atoms with Gasteiger partial charge in [-0.3, -0.25) is 4.79 Å². The molecule has 1 aromatic carbocycles. The molecule has 0 amide bonds. The number of carbonyl (C=O) groups is 1. The normalized spacial score (nSPS) is 11.0. The van der Waals surface area contributed by atoms with Crippen molar-refractivity contribution >= 4 is 17.0 Å². The van der Waals surface area contributed by atoms with Crippen LogP contribution in [0.5, 0.6) is 0 Å². The maximum absolute atomic E-state index is 13.5. The number of fused-ring (bicyclic) bond motifs is 1. The van der Waals surface area contributed by atoms with Gasteiger partial charge in [-0.2, -0.15) is 0 Å². The van der Waals surface area contributed by atoms with E-state index in [0.29, 0.717) is 18.4 Å². The van der Waals surface area contributed by atoms with Gasteiger partial charge in [0.2, 0.25) is 0 Å². The second-order valence-corrected chi connectivity index (χ2v) is 4.30. The number of carboxylic acid groups (broad SMARTS) is 1. The van der Waals surface area contributed by atoms with Gasteiger partial charge in [0.25, 0.3) is 0 Å². The maximum atomic E-state index is 13.5. The molecule has 0 fully saturated rings. The predicted octanol–water partition coefficient (Wildman–Crippen LogP) is 2.51. The first-order valence-electron chi connectivity index (χ1n) is 5.91. The number of aryl methyl sites for hydroxylation is 2. The van der Waals surface area contributed by atoms with Crippen LogP contribution in [0.3, 0.4) is 0 Å². The Hall–Kier alpha value is -1.91. The third-order valence-electron chi connectivity index (χ3n) is 3.00. The molecule has 0 aliphatic rings. The molecule has 1 N–H and O–H groups in total. The zero-order valence-corrected chi connectivity index (χ0v) is 10.2. The van der Waals surface area contributed by atoms with Crippen LogP contribution in [0.15, 0.2) is 18.2 Å².